The molecule has 0 spiro atoms. The van der Waals surface area contributed by atoms with E-state index in [0.717, 1.165) is 25.7 Å². The highest BCUT2D eigenvalue weighted by molar-refractivity contribution is 6.32. The van der Waals surface area contributed by atoms with Gasteiger partial charge in [-0.05, 0) is 49.2 Å². The van der Waals surface area contributed by atoms with Gasteiger partial charge in [0.15, 0.2) is 5.69 Å². The van der Waals surface area contributed by atoms with Crippen molar-refractivity contribution >= 4 is 29.1 Å². The monoisotopic (exact) mass is 486 g/mol. The quantitative estimate of drug-likeness (QED) is 0.401. The number of aromatic nitrogens is 2. The first-order valence-electron chi connectivity index (χ1n) is 11.3. The van der Waals surface area contributed by atoms with Gasteiger partial charge in [0.25, 0.3) is 5.91 Å². The van der Waals surface area contributed by atoms with Crippen LogP contribution in [0.15, 0.2) is 48.5 Å². The van der Waals surface area contributed by atoms with E-state index in [2.05, 4.69) is 24.5 Å². The van der Waals surface area contributed by atoms with Gasteiger partial charge in [-0.1, -0.05) is 62.0 Å². The summed E-state index contributed by atoms with van der Waals surface area (Å²) in [7, 11) is 0. The molecule has 1 fully saturated rings. The zero-order chi connectivity index (χ0) is 23.4. The Morgan fingerprint density at radius 1 is 1.12 bits per heavy atom. The molecule has 0 radical (unpaired) electrons. The van der Waals surface area contributed by atoms with Crippen LogP contribution in [-0.4, -0.2) is 27.8 Å². The zero-order valence-corrected chi connectivity index (χ0v) is 20.3. The van der Waals surface area contributed by atoms with E-state index in [9.17, 15) is 4.79 Å². The molecule has 8 heteroatoms. The first-order valence-corrected chi connectivity index (χ1v) is 12.0. The SMILES string of the molecule is CC(C)NCc1c(C(=O)NC2CCCC2)nn(-c2ccccc2Cl)c1Oc1ccc(Cl)cc1. The van der Waals surface area contributed by atoms with E-state index in [1.54, 1.807) is 35.0 Å². The third-order valence-corrected chi connectivity index (χ3v) is 6.21. The molecule has 1 heterocycles. The second-order valence-corrected chi connectivity index (χ2v) is 9.39. The second kappa shape index (κ2) is 10.6. The van der Waals surface area contributed by atoms with E-state index in [1.165, 1.54) is 0 Å². The molecule has 33 heavy (non-hydrogen) atoms. The first kappa shape index (κ1) is 23.6. The van der Waals surface area contributed by atoms with Crippen molar-refractivity contribution in [2.24, 2.45) is 0 Å². The molecule has 0 unspecified atom stereocenters. The van der Waals surface area contributed by atoms with Crippen molar-refractivity contribution in [1.82, 2.24) is 20.4 Å². The lowest BCUT2D eigenvalue weighted by molar-refractivity contribution is 0.0931. The molecule has 1 aromatic heterocycles. The van der Waals surface area contributed by atoms with Crippen LogP contribution in [0.5, 0.6) is 11.6 Å². The third kappa shape index (κ3) is 5.69. The van der Waals surface area contributed by atoms with E-state index in [0.29, 0.717) is 45.2 Å². The third-order valence-electron chi connectivity index (χ3n) is 5.64. The van der Waals surface area contributed by atoms with Crippen molar-refractivity contribution in [3.63, 3.8) is 0 Å². The average molecular weight is 487 g/mol. The van der Waals surface area contributed by atoms with Crippen LogP contribution in [0, 0.1) is 0 Å². The fraction of sp³-hybridized carbons (Fsp3) is 0.360. The smallest absolute Gasteiger partial charge is 0.272 e. The zero-order valence-electron chi connectivity index (χ0n) is 18.8. The molecule has 0 atom stereocenters. The van der Waals surface area contributed by atoms with Gasteiger partial charge in [0.2, 0.25) is 5.88 Å². The maximum Gasteiger partial charge on any atom is 0.272 e. The standard InChI is InChI=1S/C25H28Cl2N4O2/c1-16(2)28-15-20-23(24(32)29-18-7-3-4-8-18)30-31(22-10-6-5-9-21(22)27)25(20)33-19-13-11-17(26)12-14-19/h5-6,9-14,16,18,28H,3-4,7-8,15H2,1-2H3,(H,29,32). The number of amides is 1. The lowest BCUT2D eigenvalue weighted by Gasteiger charge is -2.14. The highest BCUT2D eigenvalue weighted by atomic mass is 35.5. The normalized spacial score (nSPS) is 14.1. The molecule has 2 aromatic carbocycles. The minimum Gasteiger partial charge on any atom is -0.439 e. The second-order valence-electron chi connectivity index (χ2n) is 8.54. The number of para-hydroxylation sites is 1. The maximum atomic E-state index is 13.3. The summed E-state index contributed by atoms with van der Waals surface area (Å²) in [6.07, 6.45) is 4.24. The molecular weight excluding hydrogens is 459 g/mol. The van der Waals surface area contributed by atoms with Crippen molar-refractivity contribution in [1.29, 1.82) is 0 Å². The maximum absolute atomic E-state index is 13.3. The summed E-state index contributed by atoms with van der Waals surface area (Å²) in [6.45, 7) is 4.52. The van der Waals surface area contributed by atoms with Crippen LogP contribution in [0.4, 0.5) is 0 Å². The van der Waals surface area contributed by atoms with Gasteiger partial charge in [-0.3, -0.25) is 4.79 Å². The van der Waals surface area contributed by atoms with Gasteiger partial charge in [-0.25, -0.2) is 0 Å². The summed E-state index contributed by atoms with van der Waals surface area (Å²) in [6, 6.07) is 14.8. The number of carbonyl (C=O) groups excluding carboxylic acids is 1. The van der Waals surface area contributed by atoms with E-state index < -0.39 is 0 Å². The minimum atomic E-state index is -0.200. The Balaban J connectivity index is 1.81. The van der Waals surface area contributed by atoms with Gasteiger partial charge in [-0.15, -0.1) is 0 Å². The van der Waals surface area contributed by atoms with Crippen molar-refractivity contribution in [2.75, 3.05) is 0 Å². The highest BCUT2D eigenvalue weighted by Crippen LogP contribution is 2.34. The van der Waals surface area contributed by atoms with Crippen LogP contribution in [-0.2, 0) is 6.54 Å². The predicted molar refractivity (Wildman–Crippen MR) is 132 cm³/mol. The largest absolute Gasteiger partial charge is 0.439 e. The molecule has 1 aliphatic rings. The molecule has 4 rings (SSSR count). The van der Waals surface area contributed by atoms with Gasteiger partial charge in [0.05, 0.1) is 16.3 Å². The van der Waals surface area contributed by atoms with E-state index in [4.69, 9.17) is 33.0 Å². The lowest BCUT2D eigenvalue weighted by Crippen LogP contribution is -2.34. The Kier molecular flexibility index (Phi) is 7.58. The summed E-state index contributed by atoms with van der Waals surface area (Å²) in [5.41, 5.74) is 1.64. The lowest BCUT2D eigenvalue weighted by atomic mass is 10.2. The Morgan fingerprint density at radius 3 is 2.48 bits per heavy atom. The van der Waals surface area contributed by atoms with Gasteiger partial charge in [0, 0.05) is 23.7 Å². The van der Waals surface area contributed by atoms with Crippen molar-refractivity contribution in [3.8, 4) is 17.3 Å². The summed E-state index contributed by atoms with van der Waals surface area (Å²) < 4.78 is 7.91. The molecule has 2 N–H and O–H groups in total. The molecule has 0 bridgehead atoms. The van der Waals surface area contributed by atoms with Crippen LogP contribution in [0.3, 0.4) is 0 Å². The van der Waals surface area contributed by atoms with Crippen molar-refractivity contribution in [3.05, 3.63) is 69.8 Å². The van der Waals surface area contributed by atoms with Gasteiger partial charge >= 0.3 is 0 Å². The molecule has 1 amide bonds. The Bertz CT molecular complexity index is 1110. The molecule has 6 nitrogen and oxygen atoms in total. The van der Waals surface area contributed by atoms with Crippen LogP contribution in [0.25, 0.3) is 5.69 Å². The minimum absolute atomic E-state index is 0.175. The fourth-order valence-corrected chi connectivity index (χ4v) is 4.25. The first-order chi connectivity index (χ1) is 15.9. The van der Waals surface area contributed by atoms with E-state index >= 15 is 0 Å². The predicted octanol–water partition coefficient (Wildman–Crippen LogP) is 6.14. The molecule has 3 aromatic rings. The molecular formula is C25H28Cl2N4O2. The number of hydrogen-bond donors (Lipinski definition) is 2. The average Bonchev–Trinajstić information content (AvgIpc) is 3.42. The molecule has 0 aliphatic heterocycles. The van der Waals surface area contributed by atoms with Crippen molar-refractivity contribution in [2.45, 2.75) is 58.2 Å². The van der Waals surface area contributed by atoms with Crippen LogP contribution in [0.2, 0.25) is 10.0 Å². The number of halogens is 2. The number of benzene rings is 2. The number of hydrogen-bond acceptors (Lipinski definition) is 4. The number of nitrogens with one attached hydrogen (secondary N) is 2. The molecule has 1 aliphatic carbocycles. The van der Waals surface area contributed by atoms with Gasteiger partial charge < -0.3 is 15.4 Å². The molecule has 1 saturated carbocycles. The van der Waals surface area contributed by atoms with Crippen LogP contribution < -0.4 is 15.4 Å². The summed E-state index contributed by atoms with van der Waals surface area (Å²) in [5, 5.41) is 12.4. The van der Waals surface area contributed by atoms with E-state index in [-0.39, 0.29) is 18.0 Å². The summed E-state index contributed by atoms with van der Waals surface area (Å²) in [5.74, 6) is 0.825. The number of nitrogens with zero attached hydrogens (tertiary/aromatic N) is 2. The molecule has 174 valence electrons. The number of carbonyl (C=O) groups is 1. The number of rotatable bonds is 8. The summed E-state index contributed by atoms with van der Waals surface area (Å²) in [4.78, 5) is 13.3. The van der Waals surface area contributed by atoms with Crippen molar-refractivity contribution < 1.29 is 9.53 Å². The van der Waals surface area contributed by atoms with Gasteiger partial charge in [-0.2, -0.15) is 9.78 Å². The summed E-state index contributed by atoms with van der Waals surface area (Å²) >= 11 is 12.6. The van der Waals surface area contributed by atoms with Crippen LogP contribution in [0.1, 0.15) is 55.6 Å². The Hall–Kier alpha value is -2.54. The van der Waals surface area contributed by atoms with Gasteiger partial charge in [0.1, 0.15) is 5.75 Å². The highest BCUT2D eigenvalue weighted by Gasteiger charge is 2.28. The Labute approximate surface area is 204 Å². The Morgan fingerprint density at radius 2 is 1.82 bits per heavy atom. The number of ether oxygens (including phenoxy) is 1. The van der Waals surface area contributed by atoms with E-state index in [1.807, 2.05) is 18.2 Å². The molecule has 0 saturated heterocycles. The topological polar surface area (TPSA) is 68.2 Å². The van der Waals surface area contributed by atoms with Crippen LogP contribution >= 0.6 is 23.2 Å². The fourth-order valence-electron chi connectivity index (χ4n) is 3.91.